The first-order valence-corrected chi connectivity index (χ1v) is 7.74. The van der Waals surface area contributed by atoms with Crippen LogP contribution in [-0.4, -0.2) is 0 Å². The molecule has 0 amide bonds. The Hall–Kier alpha value is 0. The van der Waals surface area contributed by atoms with E-state index >= 15 is 0 Å². The maximum atomic E-state index is 2.44. The van der Waals surface area contributed by atoms with Gasteiger partial charge in [-0.1, -0.05) is 91.9 Å². The zero-order chi connectivity index (χ0) is 12.2. The van der Waals surface area contributed by atoms with Crippen LogP contribution < -0.4 is 0 Å². The second-order valence-corrected chi connectivity index (χ2v) is 5.57. The Morgan fingerprint density at radius 3 is 1.69 bits per heavy atom. The second kappa shape index (κ2) is 11.5. The first-order valence-electron chi connectivity index (χ1n) is 7.74. The van der Waals surface area contributed by atoms with E-state index in [0.29, 0.717) is 0 Å². The molecule has 0 aromatic carbocycles. The van der Waals surface area contributed by atoms with Crippen molar-refractivity contribution in [2.75, 3.05) is 0 Å². The lowest BCUT2D eigenvalue weighted by Gasteiger charge is -2.13. The summed E-state index contributed by atoms with van der Waals surface area (Å²) in [4.78, 5) is 0. The average Bonchev–Trinajstić information content (AvgIpc) is 2.30. The monoisotopic (exact) mass is 226 g/mol. The lowest BCUT2D eigenvalue weighted by atomic mass is 9.93. The Morgan fingerprint density at radius 2 is 1.19 bits per heavy atom. The van der Waals surface area contributed by atoms with Gasteiger partial charge in [0.2, 0.25) is 0 Å². The van der Waals surface area contributed by atoms with E-state index in [2.05, 4.69) is 27.7 Å². The molecule has 0 aromatic heterocycles. The minimum absolute atomic E-state index is 0.966. The minimum Gasteiger partial charge on any atom is -0.0654 e. The molecule has 0 rings (SSSR count). The third kappa shape index (κ3) is 9.24. The third-order valence-corrected chi connectivity index (χ3v) is 4.01. The van der Waals surface area contributed by atoms with Crippen LogP contribution in [0.5, 0.6) is 0 Å². The highest BCUT2D eigenvalue weighted by Crippen LogP contribution is 2.20. The molecule has 0 fully saturated rings. The summed E-state index contributed by atoms with van der Waals surface area (Å²) in [5.41, 5.74) is 0. The van der Waals surface area contributed by atoms with E-state index in [0.717, 1.165) is 11.8 Å². The number of rotatable bonds is 11. The van der Waals surface area contributed by atoms with Crippen molar-refractivity contribution in [2.45, 2.75) is 91.9 Å². The van der Waals surface area contributed by atoms with E-state index in [1.54, 1.807) is 0 Å². The van der Waals surface area contributed by atoms with Crippen LogP contribution in [0.1, 0.15) is 91.9 Å². The van der Waals surface area contributed by atoms with Crippen LogP contribution in [0.15, 0.2) is 0 Å². The van der Waals surface area contributed by atoms with E-state index in [9.17, 15) is 0 Å². The Balaban J connectivity index is 3.29. The second-order valence-electron chi connectivity index (χ2n) is 5.57. The van der Waals surface area contributed by atoms with Gasteiger partial charge in [0.05, 0.1) is 0 Å². The Morgan fingerprint density at radius 1 is 0.688 bits per heavy atom. The van der Waals surface area contributed by atoms with Gasteiger partial charge in [0, 0.05) is 0 Å². The molecular weight excluding hydrogens is 192 g/mol. The molecule has 0 aliphatic carbocycles. The van der Waals surface area contributed by atoms with Crippen LogP contribution in [0.25, 0.3) is 0 Å². The lowest BCUT2D eigenvalue weighted by Crippen LogP contribution is -1.99. The van der Waals surface area contributed by atoms with E-state index in [1.807, 2.05) is 0 Å². The highest BCUT2D eigenvalue weighted by molar-refractivity contribution is 4.58. The molecular formula is C16H34. The number of unbranched alkanes of at least 4 members (excludes halogenated alkanes) is 3. The summed E-state index contributed by atoms with van der Waals surface area (Å²) in [6.45, 7) is 9.40. The molecule has 0 aliphatic rings. The fourth-order valence-electron chi connectivity index (χ4n) is 2.51. The average molecular weight is 226 g/mol. The van der Waals surface area contributed by atoms with Gasteiger partial charge in [-0.05, 0) is 11.8 Å². The molecule has 0 saturated heterocycles. The predicted molar refractivity (Wildman–Crippen MR) is 75.8 cm³/mol. The minimum atomic E-state index is 0.966. The maximum Gasteiger partial charge on any atom is -0.0420 e. The molecule has 0 radical (unpaired) electrons. The molecule has 16 heavy (non-hydrogen) atoms. The smallest absolute Gasteiger partial charge is 0.0420 e. The number of hydrogen-bond donors (Lipinski definition) is 0. The van der Waals surface area contributed by atoms with Crippen molar-refractivity contribution in [3.63, 3.8) is 0 Å². The molecule has 0 spiro atoms. The van der Waals surface area contributed by atoms with Gasteiger partial charge in [-0.2, -0.15) is 0 Å². The Labute approximate surface area is 104 Å². The summed E-state index contributed by atoms with van der Waals surface area (Å²) in [6.07, 6.45) is 14.3. The number of hydrogen-bond acceptors (Lipinski definition) is 0. The van der Waals surface area contributed by atoms with Crippen molar-refractivity contribution in [3.05, 3.63) is 0 Å². The standard InChI is InChI=1S/C16H34/c1-5-8-9-12-15(4)13-10-11-14-16(6-2)7-3/h15-16H,5-14H2,1-4H3. The fourth-order valence-corrected chi connectivity index (χ4v) is 2.51. The van der Waals surface area contributed by atoms with E-state index in [-0.39, 0.29) is 0 Å². The summed E-state index contributed by atoms with van der Waals surface area (Å²) in [6, 6.07) is 0. The lowest BCUT2D eigenvalue weighted by molar-refractivity contribution is 0.397. The van der Waals surface area contributed by atoms with Crippen molar-refractivity contribution in [1.82, 2.24) is 0 Å². The quantitative estimate of drug-likeness (QED) is 0.368. The molecule has 0 N–H and O–H groups in total. The van der Waals surface area contributed by atoms with Crippen molar-refractivity contribution < 1.29 is 0 Å². The van der Waals surface area contributed by atoms with Crippen molar-refractivity contribution >= 4 is 0 Å². The highest BCUT2D eigenvalue weighted by Gasteiger charge is 2.05. The van der Waals surface area contributed by atoms with Gasteiger partial charge < -0.3 is 0 Å². The van der Waals surface area contributed by atoms with Crippen LogP contribution in [0, 0.1) is 11.8 Å². The summed E-state index contributed by atoms with van der Waals surface area (Å²) in [7, 11) is 0. The molecule has 0 bridgehead atoms. The van der Waals surface area contributed by atoms with Gasteiger partial charge >= 0.3 is 0 Å². The molecule has 0 heteroatoms. The van der Waals surface area contributed by atoms with Gasteiger partial charge in [-0.3, -0.25) is 0 Å². The summed E-state index contributed by atoms with van der Waals surface area (Å²) < 4.78 is 0. The van der Waals surface area contributed by atoms with E-state index in [1.165, 1.54) is 64.2 Å². The zero-order valence-corrected chi connectivity index (χ0v) is 12.2. The molecule has 0 saturated carbocycles. The van der Waals surface area contributed by atoms with Gasteiger partial charge in [-0.25, -0.2) is 0 Å². The molecule has 0 aromatic rings. The SMILES string of the molecule is CCCCCC(C)CCCCC(CC)CC. The maximum absolute atomic E-state index is 2.44. The Bertz CT molecular complexity index is 124. The fraction of sp³-hybridized carbons (Fsp3) is 1.00. The largest absolute Gasteiger partial charge is 0.0654 e. The molecule has 0 heterocycles. The third-order valence-electron chi connectivity index (χ3n) is 4.01. The normalized spacial score (nSPS) is 13.3. The van der Waals surface area contributed by atoms with Crippen molar-refractivity contribution in [1.29, 1.82) is 0 Å². The van der Waals surface area contributed by atoms with Gasteiger partial charge in [0.25, 0.3) is 0 Å². The van der Waals surface area contributed by atoms with Crippen molar-refractivity contribution in [2.24, 2.45) is 11.8 Å². The van der Waals surface area contributed by atoms with Crippen LogP contribution in [0.4, 0.5) is 0 Å². The van der Waals surface area contributed by atoms with Crippen LogP contribution in [-0.2, 0) is 0 Å². The summed E-state index contributed by atoms with van der Waals surface area (Å²) in [5.74, 6) is 1.96. The molecule has 0 aliphatic heterocycles. The molecule has 0 nitrogen and oxygen atoms in total. The van der Waals surface area contributed by atoms with Gasteiger partial charge in [0.1, 0.15) is 0 Å². The highest BCUT2D eigenvalue weighted by atomic mass is 14.1. The first kappa shape index (κ1) is 16.0. The molecule has 1 unspecified atom stereocenters. The first-order chi connectivity index (χ1) is 7.74. The Kier molecular flexibility index (Phi) is 11.5. The summed E-state index contributed by atoms with van der Waals surface area (Å²) in [5, 5.41) is 0. The van der Waals surface area contributed by atoms with E-state index < -0.39 is 0 Å². The van der Waals surface area contributed by atoms with Gasteiger partial charge in [0.15, 0.2) is 0 Å². The molecule has 98 valence electrons. The van der Waals surface area contributed by atoms with Crippen LogP contribution in [0.3, 0.4) is 0 Å². The zero-order valence-electron chi connectivity index (χ0n) is 12.2. The van der Waals surface area contributed by atoms with Crippen LogP contribution in [0.2, 0.25) is 0 Å². The topological polar surface area (TPSA) is 0 Å². The van der Waals surface area contributed by atoms with Crippen LogP contribution >= 0.6 is 0 Å². The summed E-state index contributed by atoms with van der Waals surface area (Å²) >= 11 is 0. The van der Waals surface area contributed by atoms with Gasteiger partial charge in [-0.15, -0.1) is 0 Å². The van der Waals surface area contributed by atoms with Crippen molar-refractivity contribution in [3.8, 4) is 0 Å². The van der Waals surface area contributed by atoms with E-state index in [4.69, 9.17) is 0 Å². The predicted octanol–water partition coefficient (Wildman–Crippen LogP) is 6.20. The molecule has 1 atom stereocenters.